The van der Waals surface area contributed by atoms with Crippen molar-refractivity contribution in [2.45, 2.75) is 31.3 Å². The highest BCUT2D eigenvalue weighted by Gasteiger charge is 2.36. The van der Waals surface area contributed by atoms with Crippen molar-refractivity contribution in [3.63, 3.8) is 0 Å². The normalized spacial score (nSPS) is 22.4. The van der Waals surface area contributed by atoms with E-state index in [1.165, 1.54) is 54.1 Å². The van der Waals surface area contributed by atoms with Gasteiger partial charge in [0.25, 0.3) is 0 Å². The molecular formula is C19H21N3O2S. The van der Waals surface area contributed by atoms with Crippen molar-refractivity contribution in [1.29, 1.82) is 0 Å². The van der Waals surface area contributed by atoms with E-state index < -0.39 is 0 Å². The molecule has 130 valence electrons. The molecule has 0 radical (unpaired) electrons. The van der Waals surface area contributed by atoms with Crippen LogP contribution in [0, 0.1) is 11.8 Å². The van der Waals surface area contributed by atoms with Crippen molar-refractivity contribution >= 4 is 23.4 Å². The van der Waals surface area contributed by atoms with Gasteiger partial charge < -0.3 is 4.74 Å². The molecule has 1 atom stereocenters. The molecule has 1 unspecified atom stereocenters. The summed E-state index contributed by atoms with van der Waals surface area (Å²) in [6, 6.07) is 0. The van der Waals surface area contributed by atoms with Crippen LogP contribution in [0.2, 0.25) is 0 Å². The second kappa shape index (κ2) is 6.67. The number of ether oxygens (including phenoxy) is 1. The fourth-order valence-corrected chi connectivity index (χ4v) is 4.38. The van der Waals surface area contributed by atoms with E-state index in [4.69, 9.17) is 4.74 Å². The molecule has 0 N–H and O–H groups in total. The van der Waals surface area contributed by atoms with Crippen LogP contribution >= 0.6 is 11.8 Å². The SMILES string of the molecule is COC(=O)CSc1nncn1C1=C(C)C=C(C2CC2)C2=CC=CCC21. The van der Waals surface area contributed by atoms with Crippen LogP contribution in [-0.4, -0.2) is 33.6 Å². The number of thioether (sulfide) groups is 1. The van der Waals surface area contributed by atoms with E-state index in [1.54, 1.807) is 6.33 Å². The van der Waals surface area contributed by atoms with Crippen LogP contribution in [-0.2, 0) is 9.53 Å². The molecular weight excluding hydrogens is 334 g/mol. The summed E-state index contributed by atoms with van der Waals surface area (Å²) in [5.41, 5.74) is 5.42. The molecule has 0 aromatic carbocycles. The van der Waals surface area contributed by atoms with E-state index in [9.17, 15) is 4.79 Å². The van der Waals surface area contributed by atoms with Crippen LogP contribution in [0.4, 0.5) is 0 Å². The molecule has 0 aliphatic heterocycles. The summed E-state index contributed by atoms with van der Waals surface area (Å²) in [6.07, 6.45) is 14.3. The van der Waals surface area contributed by atoms with Crippen LogP contribution in [0.3, 0.4) is 0 Å². The standard InChI is InChI=1S/C19H21N3O2S/c1-12-9-16(13-7-8-13)14-5-3-4-6-15(14)18(12)22-11-20-21-19(22)25-10-17(23)24-2/h3-5,9,11,13,15H,6-8,10H2,1-2H3. The maximum Gasteiger partial charge on any atom is 0.316 e. The summed E-state index contributed by atoms with van der Waals surface area (Å²) < 4.78 is 6.77. The maximum absolute atomic E-state index is 11.5. The number of allylic oxidation sites excluding steroid dienone is 8. The number of aromatic nitrogens is 3. The molecule has 1 aromatic rings. The predicted molar refractivity (Wildman–Crippen MR) is 97.8 cm³/mol. The zero-order valence-electron chi connectivity index (χ0n) is 14.4. The van der Waals surface area contributed by atoms with Gasteiger partial charge in [0, 0.05) is 11.6 Å². The second-order valence-electron chi connectivity index (χ2n) is 6.63. The Kier molecular flexibility index (Phi) is 4.37. The van der Waals surface area contributed by atoms with Crippen molar-refractivity contribution in [3.05, 3.63) is 47.4 Å². The van der Waals surface area contributed by atoms with Gasteiger partial charge in [-0.25, -0.2) is 0 Å². The number of carbonyl (C=O) groups excluding carboxylic acids is 1. The van der Waals surface area contributed by atoms with Gasteiger partial charge in [-0.3, -0.25) is 9.36 Å². The van der Waals surface area contributed by atoms with Crippen LogP contribution in [0.25, 0.3) is 5.70 Å². The van der Waals surface area contributed by atoms with Gasteiger partial charge in [0.2, 0.25) is 0 Å². The average molecular weight is 355 g/mol. The Balaban J connectivity index is 1.71. The molecule has 0 saturated heterocycles. The number of fused-ring (bicyclic) bond motifs is 1. The molecule has 1 heterocycles. The summed E-state index contributed by atoms with van der Waals surface area (Å²) in [5.74, 6) is 1.04. The molecule has 3 aliphatic rings. The fourth-order valence-electron chi connectivity index (χ4n) is 3.63. The van der Waals surface area contributed by atoms with Gasteiger partial charge in [0.1, 0.15) is 6.33 Å². The molecule has 1 aromatic heterocycles. The van der Waals surface area contributed by atoms with Crippen molar-refractivity contribution in [3.8, 4) is 0 Å². The van der Waals surface area contributed by atoms with Gasteiger partial charge in [0.15, 0.2) is 5.16 Å². The lowest BCUT2D eigenvalue weighted by Crippen LogP contribution is -2.20. The van der Waals surface area contributed by atoms with E-state index in [1.807, 2.05) is 4.57 Å². The molecule has 0 bridgehead atoms. The van der Waals surface area contributed by atoms with Gasteiger partial charge >= 0.3 is 5.97 Å². The van der Waals surface area contributed by atoms with E-state index in [-0.39, 0.29) is 11.7 Å². The first kappa shape index (κ1) is 16.4. The Hall–Kier alpha value is -2.08. The second-order valence-corrected chi connectivity index (χ2v) is 7.57. The van der Waals surface area contributed by atoms with E-state index in [0.29, 0.717) is 5.92 Å². The van der Waals surface area contributed by atoms with Crippen LogP contribution in [0.1, 0.15) is 26.2 Å². The van der Waals surface area contributed by atoms with Crippen molar-refractivity contribution in [2.24, 2.45) is 11.8 Å². The fraction of sp³-hybridized carbons (Fsp3) is 0.421. The van der Waals surface area contributed by atoms with Gasteiger partial charge in [-0.2, -0.15) is 0 Å². The first-order valence-corrected chi connectivity index (χ1v) is 9.57. The lowest BCUT2D eigenvalue weighted by atomic mass is 9.77. The van der Waals surface area contributed by atoms with Crippen LogP contribution < -0.4 is 0 Å². The first-order chi connectivity index (χ1) is 12.2. The van der Waals surface area contributed by atoms with Crippen molar-refractivity contribution in [2.75, 3.05) is 12.9 Å². The molecule has 0 amide bonds. The summed E-state index contributed by atoms with van der Waals surface area (Å²) in [4.78, 5) is 11.5. The van der Waals surface area contributed by atoms with Crippen molar-refractivity contribution < 1.29 is 9.53 Å². The van der Waals surface area contributed by atoms with Gasteiger partial charge in [-0.1, -0.05) is 36.1 Å². The highest BCUT2D eigenvalue weighted by molar-refractivity contribution is 7.99. The third kappa shape index (κ3) is 3.11. The summed E-state index contributed by atoms with van der Waals surface area (Å²) in [5, 5.41) is 9.03. The number of carbonyl (C=O) groups is 1. The lowest BCUT2D eigenvalue weighted by molar-refractivity contribution is -0.137. The molecule has 4 rings (SSSR count). The Labute approximate surface area is 151 Å². The maximum atomic E-state index is 11.5. The minimum absolute atomic E-state index is 0.234. The van der Waals surface area contributed by atoms with Gasteiger partial charge in [-0.05, 0) is 48.8 Å². The predicted octanol–water partition coefficient (Wildman–Crippen LogP) is 3.63. The number of hydrogen-bond acceptors (Lipinski definition) is 5. The first-order valence-electron chi connectivity index (χ1n) is 8.58. The van der Waals surface area contributed by atoms with Gasteiger partial charge in [0.05, 0.1) is 12.9 Å². The minimum atomic E-state index is -0.258. The van der Waals surface area contributed by atoms with E-state index >= 15 is 0 Å². The third-order valence-electron chi connectivity index (χ3n) is 4.94. The largest absolute Gasteiger partial charge is 0.468 e. The molecule has 6 heteroatoms. The highest BCUT2D eigenvalue weighted by atomic mass is 32.2. The monoisotopic (exact) mass is 355 g/mol. The van der Waals surface area contributed by atoms with Crippen LogP contribution in [0.15, 0.2) is 52.5 Å². The number of nitrogens with zero attached hydrogens (tertiary/aromatic N) is 3. The average Bonchev–Trinajstić information content (AvgIpc) is 3.38. The molecule has 1 fully saturated rings. The quantitative estimate of drug-likeness (QED) is 0.596. The Bertz CT molecular complexity index is 827. The smallest absolute Gasteiger partial charge is 0.316 e. The molecule has 0 spiro atoms. The number of rotatable bonds is 5. The summed E-state index contributed by atoms with van der Waals surface area (Å²) >= 11 is 1.36. The zero-order chi connectivity index (χ0) is 17.4. The Morgan fingerprint density at radius 2 is 2.24 bits per heavy atom. The van der Waals surface area contributed by atoms with E-state index in [2.05, 4.69) is 41.4 Å². The Morgan fingerprint density at radius 3 is 3.00 bits per heavy atom. The molecule has 3 aliphatic carbocycles. The number of esters is 1. The molecule has 1 saturated carbocycles. The summed E-state index contributed by atoms with van der Waals surface area (Å²) in [6.45, 7) is 2.17. The zero-order valence-corrected chi connectivity index (χ0v) is 15.3. The summed E-state index contributed by atoms with van der Waals surface area (Å²) in [7, 11) is 1.40. The van der Waals surface area contributed by atoms with Gasteiger partial charge in [-0.15, -0.1) is 10.2 Å². The molecule has 5 nitrogen and oxygen atoms in total. The number of methoxy groups -OCH3 is 1. The topological polar surface area (TPSA) is 57.0 Å². The lowest BCUT2D eigenvalue weighted by Gasteiger charge is -2.32. The Morgan fingerprint density at radius 1 is 1.40 bits per heavy atom. The minimum Gasteiger partial charge on any atom is -0.468 e. The van der Waals surface area contributed by atoms with Crippen LogP contribution in [0.5, 0.6) is 0 Å². The molecule has 25 heavy (non-hydrogen) atoms. The highest BCUT2D eigenvalue weighted by Crippen LogP contribution is 2.49. The number of hydrogen-bond donors (Lipinski definition) is 0. The van der Waals surface area contributed by atoms with E-state index in [0.717, 1.165) is 17.5 Å². The van der Waals surface area contributed by atoms with Crippen molar-refractivity contribution in [1.82, 2.24) is 14.8 Å². The third-order valence-corrected chi connectivity index (χ3v) is 5.86.